The molecule has 2 aliphatic heterocycles. The minimum atomic E-state index is 0.604. The Morgan fingerprint density at radius 1 is 1.38 bits per heavy atom. The molecule has 0 aliphatic carbocycles. The van der Waals surface area contributed by atoms with Gasteiger partial charge in [0.2, 0.25) is 0 Å². The van der Waals surface area contributed by atoms with Gasteiger partial charge in [-0.1, -0.05) is 0 Å². The summed E-state index contributed by atoms with van der Waals surface area (Å²) < 4.78 is 0. The number of hydrogen-bond donors (Lipinski definition) is 0. The molecule has 0 spiro atoms. The summed E-state index contributed by atoms with van der Waals surface area (Å²) in [6.45, 7) is 3.96. The molecule has 0 aromatic carbocycles. The predicted octanol–water partition coefficient (Wildman–Crippen LogP) is 1.19. The molecular weight excluding hydrogens is 264 g/mol. The van der Waals surface area contributed by atoms with Crippen LogP contribution < -0.4 is 4.90 Å². The van der Waals surface area contributed by atoms with E-state index >= 15 is 0 Å². The molecule has 0 saturated carbocycles. The molecule has 0 N–H and O–H groups in total. The van der Waals surface area contributed by atoms with Gasteiger partial charge in [-0.25, -0.2) is 0 Å². The highest BCUT2D eigenvalue weighted by Crippen LogP contribution is 2.32. The van der Waals surface area contributed by atoms with Crippen molar-refractivity contribution < 1.29 is 0 Å². The van der Waals surface area contributed by atoms with Gasteiger partial charge in [0.15, 0.2) is 0 Å². The fraction of sp³-hybridized carbons (Fsp3) is 0.533. The van der Waals surface area contributed by atoms with Crippen LogP contribution in [0, 0.1) is 0 Å². The second-order valence-electron chi connectivity index (χ2n) is 5.95. The molecule has 6 heteroatoms. The summed E-state index contributed by atoms with van der Waals surface area (Å²) in [5, 5.41) is 8.58. The van der Waals surface area contributed by atoms with Gasteiger partial charge in [0.25, 0.3) is 0 Å². The molecule has 1 saturated heterocycles. The number of fused-ring (bicyclic) bond motifs is 3. The van der Waals surface area contributed by atoms with Crippen molar-refractivity contribution in [3.8, 4) is 0 Å². The maximum atomic E-state index is 4.61. The van der Waals surface area contributed by atoms with Gasteiger partial charge in [0, 0.05) is 45.5 Å². The molecule has 0 unspecified atom stereocenters. The lowest BCUT2D eigenvalue weighted by molar-refractivity contribution is 0.241. The van der Waals surface area contributed by atoms with Crippen LogP contribution in [0.25, 0.3) is 0 Å². The zero-order chi connectivity index (χ0) is 14.2. The second kappa shape index (κ2) is 5.11. The average Bonchev–Trinajstić information content (AvgIpc) is 3.06. The zero-order valence-corrected chi connectivity index (χ0v) is 12.3. The third-order valence-electron chi connectivity index (χ3n) is 4.43. The van der Waals surface area contributed by atoms with E-state index in [0.717, 1.165) is 31.9 Å². The number of aryl methyl sites for hydroxylation is 1. The molecule has 1 fully saturated rings. The van der Waals surface area contributed by atoms with Crippen molar-refractivity contribution in [2.45, 2.75) is 32.0 Å². The summed E-state index contributed by atoms with van der Waals surface area (Å²) in [6, 6.07) is 4.87. The van der Waals surface area contributed by atoms with Crippen LogP contribution in [0.4, 0.5) is 5.69 Å². The molecular formula is C15H20N6. The van der Waals surface area contributed by atoms with E-state index in [4.69, 9.17) is 0 Å². The van der Waals surface area contributed by atoms with Crippen molar-refractivity contribution in [3.63, 3.8) is 0 Å². The molecule has 4 heterocycles. The van der Waals surface area contributed by atoms with Crippen LogP contribution in [0.1, 0.15) is 24.2 Å². The summed E-state index contributed by atoms with van der Waals surface area (Å²) in [6.07, 6.45) is 6.30. The normalized spacial score (nSPS) is 22.0. The van der Waals surface area contributed by atoms with Gasteiger partial charge in [0.05, 0.1) is 23.3 Å². The van der Waals surface area contributed by atoms with E-state index in [-0.39, 0.29) is 0 Å². The van der Waals surface area contributed by atoms with Crippen LogP contribution >= 0.6 is 0 Å². The maximum Gasteiger partial charge on any atom is 0.0967 e. The molecule has 110 valence electrons. The van der Waals surface area contributed by atoms with Crippen molar-refractivity contribution in [2.75, 3.05) is 18.0 Å². The number of pyridine rings is 1. The Balaban J connectivity index is 1.62. The van der Waals surface area contributed by atoms with E-state index in [2.05, 4.69) is 31.0 Å². The maximum absolute atomic E-state index is 4.61. The summed E-state index contributed by atoms with van der Waals surface area (Å²) in [4.78, 5) is 11.2. The van der Waals surface area contributed by atoms with E-state index in [1.807, 2.05) is 25.5 Å². The van der Waals surface area contributed by atoms with E-state index in [9.17, 15) is 0 Å². The minimum absolute atomic E-state index is 0.604. The van der Waals surface area contributed by atoms with E-state index < -0.39 is 0 Å². The van der Waals surface area contributed by atoms with Gasteiger partial charge >= 0.3 is 0 Å². The first-order valence-electron chi connectivity index (χ1n) is 7.58. The Labute approximate surface area is 124 Å². The second-order valence-corrected chi connectivity index (χ2v) is 5.95. The Bertz CT molecular complexity index is 637. The Morgan fingerprint density at radius 2 is 2.33 bits per heavy atom. The smallest absolute Gasteiger partial charge is 0.0967 e. The van der Waals surface area contributed by atoms with Crippen LogP contribution in [0.5, 0.6) is 0 Å². The number of rotatable bonds is 2. The lowest BCUT2D eigenvalue weighted by Crippen LogP contribution is -2.37. The molecule has 2 aromatic rings. The highest BCUT2D eigenvalue weighted by molar-refractivity contribution is 5.53. The van der Waals surface area contributed by atoms with Gasteiger partial charge < -0.3 is 4.90 Å². The van der Waals surface area contributed by atoms with E-state index in [1.54, 1.807) is 4.80 Å². The fourth-order valence-electron chi connectivity index (χ4n) is 3.54. The molecule has 6 nitrogen and oxygen atoms in total. The Kier molecular flexibility index (Phi) is 3.11. The van der Waals surface area contributed by atoms with Crippen LogP contribution in [-0.2, 0) is 20.1 Å². The molecule has 0 bridgehead atoms. The number of anilines is 1. The first-order valence-corrected chi connectivity index (χ1v) is 7.58. The van der Waals surface area contributed by atoms with Crippen molar-refractivity contribution in [3.05, 3.63) is 35.9 Å². The van der Waals surface area contributed by atoms with Gasteiger partial charge in [0.1, 0.15) is 0 Å². The zero-order valence-electron chi connectivity index (χ0n) is 12.3. The Morgan fingerprint density at radius 3 is 3.19 bits per heavy atom. The van der Waals surface area contributed by atoms with Crippen LogP contribution in [-0.4, -0.2) is 44.0 Å². The van der Waals surface area contributed by atoms with E-state index in [1.165, 1.54) is 24.2 Å². The summed E-state index contributed by atoms with van der Waals surface area (Å²) >= 11 is 0. The third kappa shape index (κ3) is 2.40. The molecule has 1 atom stereocenters. The summed E-state index contributed by atoms with van der Waals surface area (Å²) in [5.74, 6) is 0. The molecule has 21 heavy (non-hydrogen) atoms. The standard InChI is InChI=1S/C15H20N6/c1-19-17-8-12(18-19)9-20-10-13-4-3-7-21(13)15-5-2-6-16-14(15)11-20/h2,5-6,8,13H,3-4,7,9-11H2,1H3/t13-/m0/s1. The largest absolute Gasteiger partial charge is 0.366 e. The summed E-state index contributed by atoms with van der Waals surface area (Å²) in [7, 11) is 1.86. The van der Waals surface area contributed by atoms with Crippen LogP contribution in [0.15, 0.2) is 24.5 Å². The lowest BCUT2D eigenvalue weighted by Gasteiger charge is -2.27. The minimum Gasteiger partial charge on any atom is -0.366 e. The van der Waals surface area contributed by atoms with Gasteiger partial charge in [-0.15, -0.1) is 0 Å². The molecule has 2 aliphatic rings. The van der Waals surface area contributed by atoms with Crippen molar-refractivity contribution in [1.82, 2.24) is 24.9 Å². The van der Waals surface area contributed by atoms with Crippen molar-refractivity contribution in [1.29, 1.82) is 0 Å². The van der Waals surface area contributed by atoms with Crippen LogP contribution in [0.3, 0.4) is 0 Å². The number of aromatic nitrogens is 4. The SMILES string of the molecule is Cn1ncc(CN2Cc3ncccc3N3CCC[C@H]3C2)n1. The number of nitrogens with zero attached hydrogens (tertiary/aromatic N) is 6. The monoisotopic (exact) mass is 284 g/mol. The molecule has 4 rings (SSSR count). The average molecular weight is 284 g/mol. The first kappa shape index (κ1) is 12.8. The molecule has 2 aromatic heterocycles. The highest BCUT2D eigenvalue weighted by Gasteiger charge is 2.32. The summed E-state index contributed by atoms with van der Waals surface area (Å²) in [5.41, 5.74) is 3.54. The highest BCUT2D eigenvalue weighted by atomic mass is 15.5. The fourth-order valence-corrected chi connectivity index (χ4v) is 3.54. The molecule has 0 amide bonds. The predicted molar refractivity (Wildman–Crippen MR) is 79.7 cm³/mol. The quantitative estimate of drug-likeness (QED) is 0.829. The topological polar surface area (TPSA) is 50.1 Å². The van der Waals surface area contributed by atoms with Gasteiger partial charge in [-0.05, 0) is 25.0 Å². The number of hydrogen-bond acceptors (Lipinski definition) is 5. The molecule has 0 radical (unpaired) electrons. The van der Waals surface area contributed by atoms with Crippen LogP contribution in [0.2, 0.25) is 0 Å². The van der Waals surface area contributed by atoms with Crippen molar-refractivity contribution in [2.24, 2.45) is 7.05 Å². The Hall–Kier alpha value is -1.95. The van der Waals surface area contributed by atoms with Gasteiger partial charge in [-0.3, -0.25) is 9.88 Å². The first-order chi connectivity index (χ1) is 10.3. The van der Waals surface area contributed by atoms with Gasteiger partial charge in [-0.2, -0.15) is 15.0 Å². The van der Waals surface area contributed by atoms with E-state index in [0.29, 0.717) is 6.04 Å². The lowest BCUT2D eigenvalue weighted by atomic mass is 10.2. The third-order valence-corrected chi connectivity index (χ3v) is 4.43. The van der Waals surface area contributed by atoms with Crippen molar-refractivity contribution >= 4 is 5.69 Å².